The molecule has 3 aromatic rings. The zero-order valence-corrected chi connectivity index (χ0v) is 20.9. The van der Waals surface area contributed by atoms with Gasteiger partial charge < -0.3 is 20.1 Å². The van der Waals surface area contributed by atoms with Crippen LogP contribution < -0.4 is 4.74 Å². The van der Waals surface area contributed by atoms with Crippen molar-refractivity contribution in [1.82, 2.24) is 0 Å². The molecule has 0 aliphatic rings. The predicted octanol–water partition coefficient (Wildman–Crippen LogP) is 6.05. The molecule has 0 heterocycles. The summed E-state index contributed by atoms with van der Waals surface area (Å²) in [5, 5.41) is 30.0. The average molecular weight is 463 g/mol. The summed E-state index contributed by atoms with van der Waals surface area (Å²) in [5.74, 6) is 0.786. The molecule has 34 heavy (non-hydrogen) atoms. The number of ether oxygens (including phenoxy) is 1. The highest BCUT2D eigenvalue weighted by Crippen LogP contribution is 2.36. The Balaban J connectivity index is 1.93. The van der Waals surface area contributed by atoms with Crippen LogP contribution >= 0.6 is 0 Å². The van der Waals surface area contributed by atoms with Crippen molar-refractivity contribution in [3.8, 4) is 16.9 Å². The molecule has 0 amide bonds. The number of aliphatic hydroxyl groups is 3. The van der Waals surface area contributed by atoms with Crippen LogP contribution in [0.25, 0.3) is 11.1 Å². The van der Waals surface area contributed by atoms with Crippen LogP contribution in [0.5, 0.6) is 5.75 Å². The van der Waals surface area contributed by atoms with E-state index in [0.29, 0.717) is 19.4 Å². The topological polar surface area (TPSA) is 69.9 Å². The monoisotopic (exact) mass is 462 g/mol. The minimum atomic E-state index is -0.792. The molecule has 0 atom stereocenters. The highest BCUT2D eigenvalue weighted by molar-refractivity contribution is 5.73. The van der Waals surface area contributed by atoms with Gasteiger partial charge >= 0.3 is 0 Å². The second-order valence-corrected chi connectivity index (χ2v) is 8.84. The van der Waals surface area contributed by atoms with E-state index in [0.717, 1.165) is 46.4 Å². The summed E-state index contributed by atoms with van der Waals surface area (Å²) >= 11 is 0. The van der Waals surface area contributed by atoms with Crippen LogP contribution in [0, 0.1) is 0 Å². The second kappa shape index (κ2) is 11.7. The van der Waals surface area contributed by atoms with Gasteiger partial charge in [0.1, 0.15) is 12.4 Å². The van der Waals surface area contributed by atoms with Gasteiger partial charge in [0.25, 0.3) is 0 Å². The zero-order valence-electron chi connectivity index (χ0n) is 20.9. The van der Waals surface area contributed by atoms with E-state index in [1.165, 1.54) is 16.7 Å². The molecule has 0 saturated carbocycles. The van der Waals surface area contributed by atoms with Crippen LogP contribution in [0.4, 0.5) is 0 Å². The summed E-state index contributed by atoms with van der Waals surface area (Å²) in [5.41, 5.74) is 7.40. The molecule has 4 heteroatoms. The summed E-state index contributed by atoms with van der Waals surface area (Å²) in [6.45, 7) is 8.54. The third-order valence-electron chi connectivity index (χ3n) is 6.96. The molecule has 0 radical (unpaired) electrons. The summed E-state index contributed by atoms with van der Waals surface area (Å²) in [4.78, 5) is 0. The van der Waals surface area contributed by atoms with Crippen molar-refractivity contribution in [3.63, 3.8) is 0 Å². The number of hydrogen-bond donors (Lipinski definition) is 3. The molecule has 3 rings (SSSR count). The maximum absolute atomic E-state index is 11.0. The van der Waals surface area contributed by atoms with Crippen LogP contribution in [0.15, 0.2) is 54.6 Å². The van der Waals surface area contributed by atoms with E-state index in [4.69, 9.17) is 4.74 Å². The Morgan fingerprint density at radius 2 is 1.35 bits per heavy atom. The lowest BCUT2D eigenvalue weighted by molar-refractivity contribution is 0.0283. The summed E-state index contributed by atoms with van der Waals surface area (Å²) in [6.07, 6.45) is 3.17. The van der Waals surface area contributed by atoms with E-state index in [1.807, 2.05) is 38.1 Å². The molecule has 0 fully saturated rings. The summed E-state index contributed by atoms with van der Waals surface area (Å²) in [7, 11) is 0. The molecule has 0 aromatic heterocycles. The third kappa shape index (κ3) is 5.52. The Morgan fingerprint density at radius 1 is 0.676 bits per heavy atom. The first-order chi connectivity index (χ1) is 16.4. The molecule has 3 aromatic carbocycles. The van der Waals surface area contributed by atoms with Gasteiger partial charge in [-0.1, -0.05) is 64.1 Å². The van der Waals surface area contributed by atoms with Gasteiger partial charge in [-0.25, -0.2) is 0 Å². The summed E-state index contributed by atoms with van der Waals surface area (Å²) < 4.78 is 6.13. The van der Waals surface area contributed by atoms with E-state index < -0.39 is 5.60 Å². The molecule has 0 aliphatic carbocycles. The van der Waals surface area contributed by atoms with Crippen molar-refractivity contribution in [2.24, 2.45) is 0 Å². The van der Waals surface area contributed by atoms with Gasteiger partial charge in [-0.05, 0) is 88.4 Å². The smallest absolute Gasteiger partial charge is 0.120 e. The Kier molecular flexibility index (Phi) is 8.90. The fraction of sp³-hybridized carbons (Fsp3) is 0.400. The Labute approximate surface area is 203 Å². The van der Waals surface area contributed by atoms with E-state index in [9.17, 15) is 15.3 Å². The first kappa shape index (κ1) is 26.0. The lowest BCUT2D eigenvalue weighted by Crippen LogP contribution is -2.23. The molecule has 4 nitrogen and oxygen atoms in total. The minimum Gasteiger partial charge on any atom is -0.489 e. The fourth-order valence-corrected chi connectivity index (χ4v) is 4.54. The van der Waals surface area contributed by atoms with Gasteiger partial charge in [-0.3, -0.25) is 0 Å². The van der Waals surface area contributed by atoms with Crippen molar-refractivity contribution in [2.45, 2.75) is 78.8 Å². The SMILES string of the molecule is CCc1cc(C(O)(CC)CC)ccc1-c1cc(OCc2ccc(CO)c(CO)c2)ccc1CC. The molecule has 3 N–H and O–H groups in total. The lowest BCUT2D eigenvalue weighted by atomic mass is 9.84. The molecule has 0 unspecified atom stereocenters. The van der Waals surface area contributed by atoms with Crippen LogP contribution in [0.1, 0.15) is 73.9 Å². The van der Waals surface area contributed by atoms with E-state index >= 15 is 0 Å². The summed E-state index contributed by atoms with van der Waals surface area (Å²) in [6, 6.07) is 18.2. The van der Waals surface area contributed by atoms with Crippen LogP contribution in [-0.4, -0.2) is 15.3 Å². The molecule has 182 valence electrons. The molecular formula is C30H38O4. The number of aliphatic hydroxyl groups excluding tert-OH is 2. The zero-order chi connectivity index (χ0) is 24.7. The first-order valence-electron chi connectivity index (χ1n) is 12.4. The highest BCUT2D eigenvalue weighted by Gasteiger charge is 2.25. The Bertz CT molecular complexity index is 1100. The Hall–Kier alpha value is -2.66. The first-order valence-corrected chi connectivity index (χ1v) is 12.4. The molecule has 0 saturated heterocycles. The van der Waals surface area contributed by atoms with E-state index in [-0.39, 0.29) is 13.2 Å². The molecule has 0 bridgehead atoms. The molecule has 0 spiro atoms. The van der Waals surface area contributed by atoms with E-state index in [2.05, 4.69) is 44.2 Å². The van der Waals surface area contributed by atoms with Gasteiger partial charge in [0.2, 0.25) is 0 Å². The van der Waals surface area contributed by atoms with Crippen molar-refractivity contribution >= 4 is 0 Å². The largest absolute Gasteiger partial charge is 0.489 e. The quantitative estimate of drug-likeness (QED) is 0.324. The van der Waals surface area contributed by atoms with Crippen molar-refractivity contribution in [1.29, 1.82) is 0 Å². The van der Waals surface area contributed by atoms with Gasteiger partial charge in [0.05, 0.1) is 18.8 Å². The van der Waals surface area contributed by atoms with Crippen molar-refractivity contribution in [2.75, 3.05) is 0 Å². The normalized spacial score (nSPS) is 11.6. The Morgan fingerprint density at radius 3 is 1.97 bits per heavy atom. The molecular weight excluding hydrogens is 424 g/mol. The van der Waals surface area contributed by atoms with Gasteiger partial charge in [0.15, 0.2) is 0 Å². The fourth-order valence-electron chi connectivity index (χ4n) is 4.54. The third-order valence-corrected chi connectivity index (χ3v) is 6.96. The minimum absolute atomic E-state index is 0.0919. The standard InChI is InChI=1S/C30H38O4/c1-5-22-11-13-27(34-20-21-9-10-24(18-31)25(15-21)19-32)17-29(22)28-14-12-26(16-23(28)6-2)30(33,7-3)8-4/h9-17,31-33H,5-8,18-20H2,1-4H3. The van der Waals surface area contributed by atoms with Crippen molar-refractivity contribution < 1.29 is 20.1 Å². The number of benzene rings is 3. The maximum Gasteiger partial charge on any atom is 0.120 e. The van der Waals surface area contributed by atoms with Crippen LogP contribution in [0.2, 0.25) is 0 Å². The number of rotatable bonds is 11. The maximum atomic E-state index is 11.0. The van der Waals surface area contributed by atoms with Gasteiger partial charge in [-0.15, -0.1) is 0 Å². The van der Waals surface area contributed by atoms with Crippen molar-refractivity contribution in [3.05, 3.63) is 88.0 Å². The van der Waals surface area contributed by atoms with Gasteiger partial charge in [-0.2, -0.15) is 0 Å². The number of aryl methyl sites for hydroxylation is 2. The average Bonchev–Trinajstić information content (AvgIpc) is 2.90. The molecule has 0 aliphatic heterocycles. The van der Waals surface area contributed by atoms with Crippen LogP contribution in [0.3, 0.4) is 0 Å². The predicted molar refractivity (Wildman–Crippen MR) is 138 cm³/mol. The number of hydrogen-bond acceptors (Lipinski definition) is 4. The lowest BCUT2D eigenvalue weighted by Gasteiger charge is -2.27. The van der Waals surface area contributed by atoms with Gasteiger partial charge in [0, 0.05) is 0 Å². The highest BCUT2D eigenvalue weighted by atomic mass is 16.5. The second-order valence-electron chi connectivity index (χ2n) is 8.84. The van der Waals surface area contributed by atoms with Crippen LogP contribution in [-0.2, 0) is 38.3 Å². The van der Waals surface area contributed by atoms with E-state index in [1.54, 1.807) is 0 Å².